The summed E-state index contributed by atoms with van der Waals surface area (Å²) in [4.78, 5) is 11.9. The zero-order valence-corrected chi connectivity index (χ0v) is 14.7. The van der Waals surface area contributed by atoms with Gasteiger partial charge in [0.25, 0.3) is 0 Å². The van der Waals surface area contributed by atoms with E-state index in [9.17, 15) is 4.79 Å². The van der Waals surface area contributed by atoms with Gasteiger partial charge in [0.15, 0.2) is 5.11 Å². The van der Waals surface area contributed by atoms with E-state index in [4.69, 9.17) is 17.0 Å². The number of carbonyl (C=O) groups is 1. The van der Waals surface area contributed by atoms with Gasteiger partial charge in [-0.1, -0.05) is 24.3 Å². The van der Waals surface area contributed by atoms with Gasteiger partial charge < -0.3 is 10.1 Å². The smallest absolute Gasteiger partial charge is 0.250 e. The minimum atomic E-state index is -0.284. The Balaban J connectivity index is 1.92. The van der Waals surface area contributed by atoms with Crippen LogP contribution in [0, 0.1) is 13.8 Å². The summed E-state index contributed by atoms with van der Waals surface area (Å²) in [5.74, 6) is 0.490. The average Bonchev–Trinajstić information content (AvgIpc) is 2.57. The summed E-state index contributed by atoms with van der Waals surface area (Å²) < 4.78 is 5.09. The highest BCUT2D eigenvalue weighted by Gasteiger charge is 2.05. The zero-order valence-electron chi connectivity index (χ0n) is 13.9. The maximum Gasteiger partial charge on any atom is 0.250 e. The van der Waals surface area contributed by atoms with Crippen molar-refractivity contribution >= 4 is 35.0 Å². The van der Waals surface area contributed by atoms with Gasteiger partial charge in [-0.05, 0) is 67.0 Å². The summed E-state index contributed by atoms with van der Waals surface area (Å²) in [7, 11) is 1.61. The molecule has 0 saturated carbocycles. The van der Waals surface area contributed by atoms with Crippen LogP contribution in [-0.4, -0.2) is 18.1 Å². The van der Waals surface area contributed by atoms with Crippen LogP contribution in [0.15, 0.2) is 48.5 Å². The molecular formula is C19H20N2O2S. The quantitative estimate of drug-likeness (QED) is 0.656. The van der Waals surface area contributed by atoms with Crippen LogP contribution in [0.25, 0.3) is 6.08 Å². The van der Waals surface area contributed by atoms with Crippen molar-refractivity contribution in [2.24, 2.45) is 0 Å². The fraction of sp³-hybridized carbons (Fsp3) is 0.158. The molecule has 0 aliphatic carbocycles. The molecule has 0 aliphatic heterocycles. The molecule has 0 fully saturated rings. The van der Waals surface area contributed by atoms with Gasteiger partial charge >= 0.3 is 0 Å². The molecule has 2 aromatic carbocycles. The van der Waals surface area contributed by atoms with Gasteiger partial charge in [-0.25, -0.2) is 0 Å². The van der Waals surface area contributed by atoms with Crippen LogP contribution in [-0.2, 0) is 4.79 Å². The number of rotatable bonds is 4. The Labute approximate surface area is 147 Å². The van der Waals surface area contributed by atoms with E-state index >= 15 is 0 Å². The van der Waals surface area contributed by atoms with E-state index in [2.05, 4.69) is 10.6 Å². The average molecular weight is 340 g/mol. The highest BCUT2D eigenvalue weighted by atomic mass is 32.1. The number of carbonyl (C=O) groups excluding carboxylic acids is 1. The van der Waals surface area contributed by atoms with Crippen molar-refractivity contribution in [1.29, 1.82) is 0 Å². The largest absolute Gasteiger partial charge is 0.497 e. The van der Waals surface area contributed by atoms with Gasteiger partial charge in [0.05, 0.1) is 7.11 Å². The Morgan fingerprint density at radius 1 is 1.12 bits per heavy atom. The Morgan fingerprint density at radius 3 is 2.50 bits per heavy atom. The van der Waals surface area contributed by atoms with Crippen LogP contribution in [0.1, 0.15) is 16.7 Å². The first-order valence-electron chi connectivity index (χ1n) is 7.50. The fourth-order valence-corrected chi connectivity index (χ4v) is 2.29. The van der Waals surface area contributed by atoms with E-state index in [-0.39, 0.29) is 11.0 Å². The molecule has 0 spiro atoms. The van der Waals surface area contributed by atoms with Crippen LogP contribution >= 0.6 is 12.2 Å². The van der Waals surface area contributed by atoms with Crippen LogP contribution in [0.3, 0.4) is 0 Å². The van der Waals surface area contributed by atoms with Gasteiger partial charge in [0, 0.05) is 11.8 Å². The molecule has 2 rings (SSSR count). The molecule has 0 aromatic heterocycles. The number of hydrogen-bond acceptors (Lipinski definition) is 3. The normalized spacial score (nSPS) is 10.5. The molecule has 4 nitrogen and oxygen atoms in total. The van der Waals surface area contributed by atoms with Gasteiger partial charge in [-0.2, -0.15) is 0 Å². The van der Waals surface area contributed by atoms with Gasteiger partial charge in [0.1, 0.15) is 5.75 Å². The number of benzene rings is 2. The van der Waals surface area contributed by atoms with Crippen LogP contribution < -0.4 is 15.4 Å². The first kappa shape index (κ1) is 17.7. The van der Waals surface area contributed by atoms with Crippen molar-refractivity contribution in [2.45, 2.75) is 13.8 Å². The first-order chi connectivity index (χ1) is 11.5. The first-order valence-corrected chi connectivity index (χ1v) is 7.90. The van der Waals surface area contributed by atoms with E-state index in [0.29, 0.717) is 0 Å². The van der Waals surface area contributed by atoms with Crippen LogP contribution in [0.4, 0.5) is 5.69 Å². The minimum absolute atomic E-state index is 0.271. The summed E-state index contributed by atoms with van der Waals surface area (Å²) in [6, 6.07) is 13.3. The van der Waals surface area contributed by atoms with Gasteiger partial charge in [0.2, 0.25) is 5.91 Å². The number of hydrogen-bond donors (Lipinski definition) is 2. The van der Waals surface area contributed by atoms with E-state index in [1.165, 1.54) is 6.08 Å². The second-order valence-corrected chi connectivity index (χ2v) is 5.71. The van der Waals surface area contributed by atoms with Crippen molar-refractivity contribution in [2.75, 3.05) is 12.4 Å². The van der Waals surface area contributed by atoms with E-state index in [0.717, 1.165) is 28.1 Å². The molecule has 124 valence electrons. The molecule has 0 atom stereocenters. The predicted octanol–water partition coefficient (Wildman–Crippen LogP) is 3.84. The molecule has 24 heavy (non-hydrogen) atoms. The lowest BCUT2D eigenvalue weighted by Crippen LogP contribution is -2.33. The maximum absolute atomic E-state index is 11.9. The molecule has 0 saturated heterocycles. The Bertz CT molecular complexity index is 767. The molecule has 2 N–H and O–H groups in total. The summed E-state index contributed by atoms with van der Waals surface area (Å²) >= 11 is 5.19. The van der Waals surface area contributed by atoms with Gasteiger partial charge in [-0.3, -0.25) is 10.1 Å². The van der Waals surface area contributed by atoms with E-state index in [1.807, 2.05) is 56.3 Å². The third-order valence-corrected chi connectivity index (χ3v) is 3.84. The standard InChI is InChI=1S/C19H20N2O2S/c1-13-5-4-6-17(14(13)2)20-19(24)21-18(22)12-9-15-7-10-16(23-3)11-8-15/h4-12H,1-3H3,(H2,20,21,22,24). The maximum atomic E-state index is 11.9. The highest BCUT2D eigenvalue weighted by Crippen LogP contribution is 2.17. The van der Waals surface area contributed by atoms with Crippen molar-refractivity contribution in [1.82, 2.24) is 5.32 Å². The molecule has 1 amide bonds. The highest BCUT2D eigenvalue weighted by molar-refractivity contribution is 7.80. The van der Waals surface area contributed by atoms with Crippen molar-refractivity contribution in [3.8, 4) is 5.75 Å². The summed E-state index contributed by atoms with van der Waals surface area (Å²) in [6.45, 7) is 4.03. The number of aryl methyl sites for hydroxylation is 1. The lowest BCUT2D eigenvalue weighted by molar-refractivity contribution is -0.115. The minimum Gasteiger partial charge on any atom is -0.497 e. The molecule has 0 radical (unpaired) electrons. The number of nitrogens with one attached hydrogen (secondary N) is 2. The van der Waals surface area contributed by atoms with E-state index < -0.39 is 0 Å². The monoisotopic (exact) mass is 340 g/mol. The number of thiocarbonyl (C=S) groups is 1. The number of ether oxygens (including phenoxy) is 1. The van der Waals surface area contributed by atoms with Crippen molar-refractivity contribution < 1.29 is 9.53 Å². The lowest BCUT2D eigenvalue weighted by atomic mass is 10.1. The third-order valence-electron chi connectivity index (χ3n) is 3.63. The van der Waals surface area contributed by atoms with Gasteiger partial charge in [-0.15, -0.1) is 0 Å². The number of amides is 1. The zero-order chi connectivity index (χ0) is 17.5. The Hall–Kier alpha value is -2.66. The summed E-state index contributed by atoms with van der Waals surface area (Å²) in [5.41, 5.74) is 4.05. The topological polar surface area (TPSA) is 50.4 Å². The molecule has 0 unspecified atom stereocenters. The SMILES string of the molecule is COc1ccc(C=CC(=O)NC(=S)Nc2cccc(C)c2C)cc1. The Kier molecular flexibility index (Phi) is 6.09. The molecule has 0 aliphatic rings. The predicted molar refractivity (Wildman–Crippen MR) is 102 cm³/mol. The molecule has 0 bridgehead atoms. The van der Waals surface area contributed by atoms with Crippen LogP contribution in [0.5, 0.6) is 5.75 Å². The number of methoxy groups -OCH3 is 1. The van der Waals surface area contributed by atoms with Crippen molar-refractivity contribution in [3.05, 3.63) is 65.2 Å². The molecule has 5 heteroatoms. The molecular weight excluding hydrogens is 320 g/mol. The van der Waals surface area contributed by atoms with Crippen molar-refractivity contribution in [3.63, 3.8) is 0 Å². The third kappa shape index (κ3) is 4.93. The fourth-order valence-electron chi connectivity index (χ4n) is 2.08. The van der Waals surface area contributed by atoms with Crippen LogP contribution in [0.2, 0.25) is 0 Å². The molecule has 0 heterocycles. The lowest BCUT2D eigenvalue weighted by Gasteiger charge is -2.12. The number of anilines is 1. The van der Waals surface area contributed by atoms with E-state index in [1.54, 1.807) is 13.2 Å². The second kappa shape index (κ2) is 8.26. The molecule has 2 aromatic rings. The summed E-state index contributed by atoms with van der Waals surface area (Å²) in [6.07, 6.45) is 3.16. The Morgan fingerprint density at radius 2 is 1.83 bits per heavy atom. The second-order valence-electron chi connectivity index (χ2n) is 5.30. The summed E-state index contributed by atoms with van der Waals surface area (Å²) in [5, 5.41) is 5.95.